The summed E-state index contributed by atoms with van der Waals surface area (Å²) >= 11 is 0. The molecule has 1 aromatic rings. The standard InChI is InChI=1S/C16H24F3NO/c1-3-9-20-15(12-21-10-4-2)11-13-5-7-14(8-6-13)16(17,18)19/h5-8,15,20H,3-4,9-12H2,1-2H3. The van der Waals surface area contributed by atoms with Crippen LogP contribution in [0.15, 0.2) is 24.3 Å². The lowest BCUT2D eigenvalue weighted by molar-refractivity contribution is -0.137. The monoisotopic (exact) mass is 303 g/mol. The van der Waals surface area contributed by atoms with Gasteiger partial charge in [-0.3, -0.25) is 0 Å². The van der Waals surface area contributed by atoms with Crippen molar-refractivity contribution in [3.63, 3.8) is 0 Å². The maximum atomic E-state index is 12.5. The van der Waals surface area contributed by atoms with E-state index in [9.17, 15) is 13.2 Å². The van der Waals surface area contributed by atoms with E-state index in [4.69, 9.17) is 4.74 Å². The molecule has 1 unspecified atom stereocenters. The van der Waals surface area contributed by atoms with Gasteiger partial charge in [0.1, 0.15) is 0 Å². The van der Waals surface area contributed by atoms with Crippen molar-refractivity contribution < 1.29 is 17.9 Å². The van der Waals surface area contributed by atoms with Gasteiger partial charge in [-0.15, -0.1) is 0 Å². The lowest BCUT2D eigenvalue weighted by atomic mass is 10.0. The molecular weight excluding hydrogens is 279 g/mol. The van der Waals surface area contributed by atoms with Crippen LogP contribution < -0.4 is 5.32 Å². The molecule has 21 heavy (non-hydrogen) atoms. The molecule has 0 aliphatic heterocycles. The molecule has 0 aromatic heterocycles. The topological polar surface area (TPSA) is 21.3 Å². The van der Waals surface area contributed by atoms with Gasteiger partial charge in [0.15, 0.2) is 0 Å². The van der Waals surface area contributed by atoms with Gasteiger partial charge in [0.05, 0.1) is 12.2 Å². The number of halogens is 3. The number of alkyl halides is 3. The first kappa shape index (κ1) is 18.0. The van der Waals surface area contributed by atoms with E-state index in [1.165, 1.54) is 0 Å². The molecule has 1 N–H and O–H groups in total. The van der Waals surface area contributed by atoms with Crippen LogP contribution in [-0.4, -0.2) is 25.8 Å². The fraction of sp³-hybridized carbons (Fsp3) is 0.625. The van der Waals surface area contributed by atoms with Crippen LogP contribution in [0.25, 0.3) is 0 Å². The van der Waals surface area contributed by atoms with Gasteiger partial charge in [0.25, 0.3) is 0 Å². The van der Waals surface area contributed by atoms with Crippen LogP contribution >= 0.6 is 0 Å². The molecule has 0 saturated carbocycles. The number of benzene rings is 1. The Kier molecular flexibility index (Phi) is 7.75. The van der Waals surface area contributed by atoms with Crippen LogP contribution in [0.3, 0.4) is 0 Å². The van der Waals surface area contributed by atoms with Gasteiger partial charge in [-0.2, -0.15) is 13.2 Å². The van der Waals surface area contributed by atoms with Gasteiger partial charge in [0, 0.05) is 12.6 Å². The van der Waals surface area contributed by atoms with Crippen molar-refractivity contribution in [2.75, 3.05) is 19.8 Å². The summed E-state index contributed by atoms with van der Waals surface area (Å²) in [4.78, 5) is 0. The van der Waals surface area contributed by atoms with Crippen LogP contribution in [0, 0.1) is 0 Å². The zero-order valence-electron chi connectivity index (χ0n) is 12.7. The number of ether oxygens (including phenoxy) is 1. The maximum Gasteiger partial charge on any atom is 0.416 e. The van der Waals surface area contributed by atoms with E-state index in [1.54, 1.807) is 12.1 Å². The predicted octanol–water partition coefficient (Wildman–Crippen LogP) is 4.04. The minimum Gasteiger partial charge on any atom is -0.380 e. The van der Waals surface area contributed by atoms with Crippen molar-refractivity contribution >= 4 is 0 Å². The summed E-state index contributed by atoms with van der Waals surface area (Å²) < 4.78 is 43.1. The molecule has 120 valence electrons. The lowest BCUT2D eigenvalue weighted by Crippen LogP contribution is -2.36. The molecule has 0 amide bonds. The third kappa shape index (κ3) is 6.96. The highest BCUT2D eigenvalue weighted by Crippen LogP contribution is 2.29. The largest absolute Gasteiger partial charge is 0.416 e. The van der Waals surface area contributed by atoms with Gasteiger partial charge in [-0.1, -0.05) is 26.0 Å². The summed E-state index contributed by atoms with van der Waals surface area (Å²) in [5, 5.41) is 3.37. The molecule has 0 bridgehead atoms. The average molecular weight is 303 g/mol. The summed E-state index contributed by atoms with van der Waals surface area (Å²) in [5.41, 5.74) is 0.281. The molecule has 1 atom stereocenters. The molecule has 0 aliphatic carbocycles. The summed E-state index contributed by atoms with van der Waals surface area (Å²) in [6.07, 6.45) is -1.64. The van der Waals surface area contributed by atoms with Gasteiger partial charge >= 0.3 is 6.18 Å². The minimum atomic E-state index is -4.28. The third-order valence-corrected chi connectivity index (χ3v) is 3.11. The third-order valence-electron chi connectivity index (χ3n) is 3.11. The molecule has 2 nitrogen and oxygen atoms in total. The molecular formula is C16H24F3NO. The van der Waals surface area contributed by atoms with Crippen molar-refractivity contribution in [2.45, 2.75) is 45.3 Å². The van der Waals surface area contributed by atoms with E-state index in [0.29, 0.717) is 19.6 Å². The molecule has 0 radical (unpaired) electrons. The van der Waals surface area contributed by atoms with Crippen LogP contribution in [0.4, 0.5) is 13.2 Å². The first-order valence-corrected chi connectivity index (χ1v) is 7.44. The molecule has 0 spiro atoms. The Morgan fingerprint density at radius 2 is 1.76 bits per heavy atom. The van der Waals surface area contributed by atoms with Gasteiger partial charge in [0.2, 0.25) is 0 Å². The van der Waals surface area contributed by atoms with E-state index >= 15 is 0 Å². The molecule has 5 heteroatoms. The summed E-state index contributed by atoms with van der Waals surface area (Å²) in [6.45, 7) is 6.28. The zero-order valence-corrected chi connectivity index (χ0v) is 12.7. The Hall–Kier alpha value is -1.07. The van der Waals surface area contributed by atoms with Crippen molar-refractivity contribution in [1.29, 1.82) is 0 Å². The Morgan fingerprint density at radius 3 is 2.29 bits per heavy atom. The van der Waals surface area contributed by atoms with Gasteiger partial charge < -0.3 is 10.1 Å². The Balaban J connectivity index is 2.60. The maximum absolute atomic E-state index is 12.5. The molecule has 1 aromatic carbocycles. The van der Waals surface area contributed by atoms with E-state index in [1.807, 2.05) is 6.92 Å². The fourth-order valence-corrected chi connectivity index (χ4v) is 2.02. The van der Waals surface area contributed by atoms with Crippen molar-refractivity contribution in [1.82, 2.24) is 5.32 Å². The highest BCUT2D eigenvalue weighted by atomic mass is 19.4. The molecule has 1 rings (SSSR count). The van der Waals surface area contributed by atoms with Crippen LogP contribution in [0.2, 0.25) is 0 Å². The van der Waals surface area contributed by atoms with Gasteiger partial charge in [-0.25, -0.2) is 0 Å². The Labute approximate surface area is 124 Å². The van der Waals surface area contributed by atoms with Crippen molar-refractivity contribution in [3.05, 3.63) is 35.4 Å². The first-order chi connectivity index (χ1) is 9.97. The van der Waals surface area contributed by atoms with Crippen molar-refractivity contribution in [3.8, 4) is 0 Å². The first-order valence-electron chi connectivity index (χ1n) is 7.44. The Morgan fingerprint density at radius 1 is 1.10 bits per heavy atom. The van der Waals surface area contributed by atoms with Gasteiger partial charge in [-0.05, 0) is 43.5 Å². The van der Waals surface area contributed by atoms with Crippen molar-refractivity contribution in [2.24, 2.45) is 0 Å². The normalized spacial score (nSPS) is 13.4. The molecule has 0 fully saturated rings. The summed E-state index contributed by atoms with van der Waals surface area (Å²) in [5.74, 6) is 0. The fourth-order valence-electron chi connectivity index (χ4n) is 2.02. The lowest BCUT2D eigenvalue weighted by Gasteiger charge is -2.19. The number of nitrogens with one attached hydrogen (secondary N) is 1. The number of hydrogen-bond acceptors (Lipinski definition) is 2. The summed E-state index contributed by atoms with van der Waals surface area (Å²) in [6, 6.07) is 5.50. The van der Waals surface area contributed by atoms with E-state index in [0.717, 1.165) is 37.1 Å². The second-order valence-electron chi connectivity index (χ2n) is 5.12. The Bertz CT molecular complexity index is 390. The SMILES string of the molecule is CCCNC(COCCC)Cc1ccc(C(F)(F)F)cc1. The van der Waals surface area contributed by atoms with Crippen LogP contribution in [-0.2, 0) is 17.3 Å². The molecule has 0 aliphatic rings. The quantitative estimate of drug-likeness (QED) is 0.695. The van der Waals surface area contributed by atoms with E-state index in [-0.39, 0.29) is 6.04 Å². The minimum absolute atomic E-state index is 0.133. The second kappa shape index (κ2) is 9.05. The highest BCUT2D eigenvalue weighted by molar-refractivity contribution is 5.25. The average Bonchev–Trinajstić information content (AvgIpc) is 2.44. The second-order valence-corrected chi connectivity index (χ2v) is 5.12. The molecule has 0 saturated heterocycles. The zero-order chi connectivity index (χ0) is 15.7. The van der Waals surface area contributed by atoms with Crippen LogP contribution in [0.5, 0.6) is 0 Å². The number of rotatable bonds is 9. The highest BCUT2D eigenvalue weighted by Gasteiger charge is 2.29. The predicted molar refractivity (Wildman–Crippen MR) is 78.3 cm³/mol. The van der Waals surface area contributed by atoms with Crippen LogP contribution in [0.1, 0.15) is 37.8 Å². The van der Waals surface area contributed by atoms with E-state index < -0.39 is 11.7 Å². The smallest absolute Gasteiger partial charge is 0.380 e. The van der Waals surface area contributed by atoms with E-state index in [2.05, 4.69) is 12.2 Å². The summed E-state index contributed by atoms with van der Waals surface area (Å²) in [7, 11) is 0. The number of hydrogen-bond donors (Lipinski definition) is 1. The molecule has 0 heterocycles.